The monoisotopic (exact) mass is 537 g/mol. The summed E-state index contributed by atoms with van der Waals surface area (Å²) in [6, 6.07) is 20.7. The molecule has 2 aromatic carbocycles. The highest BCUT2D eigenvalue weighted by Crippen LogP contribution is 2.27. The zero-order valence-corrected chi connectivity index (χ0v) is 22.7. The normalized spacial score (nSPS) is 11.1. The van der Waals surface area contributed by atoms with Crippen LogP contribution < -0.4 is 25.8 Å². The largest absolute Gasteiger partial charge is 0.493 e. The molecule has 0 atom stereocenters. The Hall–Kier alpha value is -4.92. The number of carbonyl (C=O) groups excluding carboxylic acids is 1. The quantitative estimate of drug-likeness (QED) is 0.279. The summed E-state index contributed by atoms with van der Waals surface area (Å²) in [5.74, 6) is 0.826. The molecule has 40 heavy (non-hydrogen) atoms. The number of fused-ring (bicyclic) bond motifs is 2. The molecule has 0 bridgehead atoms. The number of pyridine rings is 2. The fourth-order valence-corrected chi connectivity index (χ4v) is 4.82. The van der Waals surface area contributed by atoms with Crippen LogP contribution in [0.5, 0.6) is 11.5 Å². The minimum atomic E-state index is -0.422. The van der Waals surface area contributed by atoms with E-state index in [1.165, 1.54) is 10.5 Å². The van der Waals surface area contributed by atoms with Crippen molar-refractivity contribution in [3.63, 3.8) is 0 Å². The van der Waals surface area contributed by atoms with Gasteiger partial charge in [-0.15, -0.1) is 0 Å². The van der Waals surface area contributed by atoms with E-state index >= 15 is 0 Å². The summed E-state index contributed by atoms with van der Waals surface area (Å²) in [4.78, 5) is 31.7. The first-order valence-corrected chi connectivity index (χ1v) is 13.0. The predicted octanol–water partition coefficient (Wildman–Crippen LogP) is 3.67. The molecule has 3 aromatic heterocycles. The Bertz CT molecular complexity index is 1830. The van der Waals surface area contributed by atoms with Crippen LogP contribution in [0.2, 0.25) is 0 Å². The second kappa shape index (κ2) is 11.4. The standard InChI is InChI=1S/C31H31N5O4/c1-20-8-7-16-36-28(20)34-29-24(31(36)38)19-23(27(32)35(29)17-14-21-9-5-4-6-10-21)30(37)33-15-13-22-11-12-25(39-2)26(18-22)40-3/h4-12,16,18-19,32H,13-15,17H2,1-3H3,(H,33,37). The first-order valence-electron chi connectivity index (χ1n) is 13.0. The van der Waals surface area contributed by atoms with Gasteiger partial charge >= 0.3 is 0 Å². The zero-order valence-electron chi connectivity index (χ0n) is 22.7. The van der Waals surface area contributed by atoms with Crippen LogP contribution in [-0.2, 0) is 19.4 Å². The highest BCUT2D eigenvalue weighted by atomic mass is 16.5. The van der Waals surface area contributed by atoms with Crippen LogP contribution in [0, 0.1) is 12.3 Å². The second-order valence-electron chi connectivity index (χ2n) is 9.53. The molecule has 0 saturated heterocycles. The number of aryl methyl sites for hydroxylation is 3. The van der Waals surface area contributed by atoms with Crippen molar-refractivity contribution in [2.45, 2.75) is 26.3 Å². The average Bonchev–Trinajstić information content (AvgIpc) is 2.97. The molecule has 0 spiro atoms. The molecule has 2 N–H and O–H groups in total. The number of nitrogens with one attached hydrogen (secondary N) is 2. The maximum atomic E-state index is 13.6. The van der Waals surface area contributed by atoms with Crippen LogP contribution in [0.25, 0.3) is 16.7 Å². The highest BCUT2D eigenvalue weighted by molar-refractivity contribution is 5.96. The first-order chi connectivity index (χ1) is 19.4. The smallest absolute Gasteiger partial charge is 0.267 e. The second-order valence-corrected chi connectivity index (χ2v) is 9.53. The highest BCUT2D eigenvalue weighted by Gasteiger charge is 2.18. The van der Waals surface area contributed by atoms with E-state index < -0.39 is 5.91 Å². The molecule has 0 unspecified atom stereocenters. The Balaban J connectivity index is 1.50. The summed E-state index contributed by atoms with van der Waals surface area (Å²) in [6.07, 6.45) is 2.84. The van der Waals surface area contributed by atoms with Gasteiger partial charge in [-0.2, -0.15) is 0 Å². The Kier molecular flexibility index (Phi) is 7.63. The summed E-state index contributed by atoms with van der Waals surface area (Å²) in [7, 11) is 3.16. The van der Waals surface area contributed by atoms with Gasteiger partial charge < -0.3 is 19.4 Å². The third-order valence-corrected chi connectivity index (χ3v) is 6.99. The number of carbonyl (C=O) groups is 1. The van der Waals surface area contributed by atoms with Gasteiger partial charge in [-0.25, -0.2) is 4.98 Å². The van der Waals surface area contributed by atoms with Gasteiger partial charge in [-0.05, 0) is 60.7 Å². The van der Waals surface area contributed by atoms with E-state index in [0.717, 1.165) is 16.7 Å². The van der Waals surface area contributed by atoms with E-state index in [0.29, 0.717) is 48.7 Å². The fourth-order valence-electron chi connectivity index (χ4n) is 4.82. The van der Waals surface area contributed by atoms with Crippen molar-refractivity contribution >= 4 is 22.6 Å². The number of rotatable bonds is 9. The molecular weight excluding hydrogens is 506 g/mol. The van der Waals surface area contributed by atoms with Gasteiger partial charge in [-0.1, -0.05) is 42.5 Å². The van der Waals surface area contributed by atoms with Gasteiger partial charge in [0.15, 0.2) is 11.5 Å². The van der Waals surface area contributed by atoms with E-state index in [1.54, 1.807) is 31.0 Å². The van der Waals surface area contributed by atoms with Gasteiger partial charge in [0.1, 0.15) is 16.8 Å². The van der Waals surface area contributed by atoms with Gasteiger partial charge in [0.25, 0.3) is 11.5 Å². The predicted molar refractivity (Wildman–Crippen MR) is 153 cm³/mol. The average molecular weight is 538 g/mol. The Morgan fingerprint density at radius 2 is 1.70 bits per heavy atom. The topological polar surface area (TPSA) is 111 Å². The number of amides is 1. The summed E-state index contributed by atoms with van der Waals surface area (Å²) in [6.45, 7) is 2.62. The molecule has 9 heteroatoms. The summed E-state index contributed by atoms with van der Waals surface area (Å²) >= 11 is 0. The number of ether oxygens (including phenoxy) is 2. The van der Waals surface area contributed by atoms with E-state index in [1.807, 2.05) is 61.5 Å². The van der Waals surface area contributed by atoms with Crippen LogP contribution in [0.4, 0.5) is 0 Å². The van der Waals surface area contributed by atoms with E-state index in [-0.39, 0.29) is 22.0 Å². The van der Waals surface area contributed by atoms with Crippen LogP contribution in [0.3, 0.4) is 0 Å². The summed E-state index contributed by atoms with van der Waals surface area (Å²) < 4.78 is 13.8. The van der Waals surface area contributed by atoms with Crippen LogP contribution >= 0.6 is 0 Å². The van der Waals surface area contributed by atoms with E-state index in [4.69, 9.17) is 19.9 Å². The molecule has 0 fully saturated rings. The third-order valence-electron chi connectivity index (χ3n) is 6.99. The number of hydrogen-bond acceptors (Lipinski definition) is 6. The molecule has 204 valence electrons. The molecule has 0 aliphatic carbocycles. The SMILES string of the molecule is COc1ccc(CCNC(=O)c2cc3c(=O)n4cccc(C)c4nc3n(CCc3ccccc3)c2=N)cc1OC. The summed E-state index contributed by atoms with van der Waals surface area (Å²) in [5, 5.41) is 12.2. The number of hydrogen-bond donors (Lipinski definition) is 2. The molecule has 9 nitrogen and oxygen atoms in total. The molecule has 0 aliphatic heterocycles. The molecule has 1 amide bonds. The van der Waals surface area contributed by atoms with Crippen LogP contribution in [0.15, 0.2) is 77.7 Å². The van der Waals surface area contributed by atoms with Crippen molar-refractivity contribution in [2.24, 2.45) is 0 Å². The first kappa shape index (κ1) is 26.7. The number of methoxy groups -OCH3 is 2. The Labute approximate surface area is 231 Å². The molecular formula is C31H31N5O4. The van der Waals surface area contributed by atoms with E-state index in [9.17, 15) is 9.59 Å². The molecule has 5 rings (SSSR count). The molecule has 0 radical (unpaired) electrons. The van der Waals surface area contributed by atoms with Gasteiger partial charge in [0.05, 0.1) is 25.2 Å². The lowest BCUT2D eigenvalue weighted by Gasteiger charge is -2.15. The number of benzene rings is 2. The number of aromatic nitrogens is 3. The zero-order chi connectivity index (χ0) is 28.2. The summed E-state index contributed by atoms with van der Waals surface area (Å²) in [5.41, 5.74) is 3.67. The van der Waals surface area contributed by atoms with Crippen LogP contribution in [-0.4, -0.2) is 40.6 Å². The van der Waals surface area contributed by atoms with Crippen molar-refractivity contribution in [1.29, 1.82) is 5.41 Å². The van der Waals surface area contributed by atoms with E-state index in [2.05, 4.69) is 5.32 Å². The van der Waals surface area contributed by atoms with Crippen molar-refractivity contribution in [2.75, 3.05) is 20.8 Å². The van der Waals surface area contributed by atoms with Crippen molar-refractivity contribution in [3.8, 4) is 11.5 Å². The van der Waals surface area contributed by atoms with Gasteiger partial charge in [0, 0.05) is 19.3 Å². The lowest BCUT2D eigenvalue weighted by atomic mass is 10.1. The Morgan fingerprint density at radius 3 is 2.45 bits per heavy atom. The molecule has 3 heterocycles. The minimum Gasteiger partial charge on any atom is -0.493 e. The lowest BCUT2D eigenvalue weighted by molar-refractivity contribution is 0.0951. The van der Waals surface area contributed by atoms with Gasteiger partial charge in [-0.3, -0.25) is 19.4 Å². The van der Waals surface area contributed by atoms with Gasteiger partial charge in [0.2, 0.25) is 0 Å². The van der Waals surface area contributed by atoms with Crippen LogP contribution in [0.1, 0.15) is 27.0 Å². The van der Waals surface area contributed by atoms with Crippen molar-refractivity contribution in [3.05, 3.63) is 111 Å². The third kappa shape index (κ3) is 5.18. The minimum absolute atomic E-state index is 0.0110. The maximum absolute atomic E-state index is 13.6. The molecule has 0 saturated carbocycles. The van der Waals surface area contributed by atoms with Crippen molar-refractivity contribution in [1.82, 2.24) is 19.3 Å². The Morgan fingerprint density at radius 1 is 0.925 bits per heavy atom. The molecule has 0 aliphatic rings. The van der Waals surface area contributed by atoms with Crippen molar-refractivity contribution < 1.29 is 14.3 Å². The fraction of sp³-hybridized carbons (Fsp3) is 0.226. The molecule has 5 aromatic rings. The maximum Gasteiger partial charge on any atom is 0.267 e. The number of nitrogens with zero attached hydrogens (tertiary/aromatic N) is 3. The lowest BCUT2D eigenvalue weighted by Crippen LogP contribution is -2.36.